The number of urea groups is 1. The fourth-order valence-corrected chi connectivity index (χ4v) is 3.39. The highest BCUT2D eigenvalue weighted by molar-refractivity contribution is 5.91. The van der Waals surface area contributed by atoms with Gasteiger partial charge in [-0.2, -0.15) is 5.10 Å². The Morgan fingerprint density at radius 1 is 0.939 bits per heavy atom. The summed E-state index contributed by atoms with van der Waals surface area (Å²) in [5, 5.41) is 12.3. The van der Waals surface area contributed by atoms with Gasteiger partial charge in [0.2, 0.25) is 5.91 Å². The van der Waals surface area contributed by atoms with Crippen molar-refractivity contribution in [3.8, 4) is 22.8 Å². The molecular formula is C25H23N5O3. The van der Waals surface area contributed by atoms with Gasteiger partial charge >= 0.3 is 6.03 Å². The second kappa shape index (κ2) is 10.1. The molecule has 3 aromatic carbocycles. The van der Waals surface area contributed by atoms with E-state index in [1.54, 1.807) is 36.5 Å². The number of hydrogen-bond acceptors (Lipinski definition) is 4. The number of ether oxygens (including phenoxy) is 1. The lowest BCUT2D eigenvalue weighted by molar-refractivity contribution is -0.116. The van der Waals surface area contributed by atoms with E-state index in [1.807, 2.05) is 54.6 Å². The number of primary amides is 1. The number of carbonyl (C=O) groups is 2. The molecule has 3 amide bonds. The van der Waals surface area contributed by atoms with Crippen molar-refractivity contribution in [2.45, 2.75) is 12.5 Å². The molecule has 5 N–H and O–H groups in total. The molecule has 1 heterocycles. The molecule has 1 atom stereocenters. The van der Waals surface area contributed by atoms with Crippen molar-refractivity contribution in [1.82, 2.24) is 15.5 Å². The van der Waals surface area contributed by atoms with Crippen molar-refractivity contribution >= 4 is 17.6 Å². The average Bonchev–Trinajstić information content (AvgIpc) is 3.35. The maximum absolute atomic E-state index is 12.7. The van der Waals surface area contributed by atoms with E-state index in [9.17, 15) is 9.59 Å². The van der Waals surface area contributed by atoms with Crippen LogP contribution in [0.25, 0.3) is 11.3 Å². The molecule has 8 heteroatoms. The summed E-state index contributed by atoms with van der Waals surface area (Å²) in [5.41, 5.74) is 8.54. The van der Waals surface area contributed by atoms with Crippen molar-refractivity contribution in [2.24, 2.45) is 5.73 Å². The first-order valence-electron chi connectivity index (χ1n) is 10.4. The summed E-state index contributed by atoms with van der Waals surface area (Å²) < 4.78 is 5.87. The van der Waals surface area contributed by atoms with E-state index >= 15 is 0 Å². The summed E-state index contributed by atoms with van der Waals surface area (Å²) in [6.45, 7) is 0. The van der Waals surface area contributed by atoms with Crippen molar-refractivity contribution in [3.63, 3.8) is 0 Å². The topological polar surface area (TPSA) is 122 Å². The van der Waals surface area contributed by atoms with E-state index in [0.717, 1.165) is 11.3 Å². The molecule has 0 radical (unpaired) electrons. The van der Waals surface area contributed by atoms with Gasteiger partial charge in [-0.05, 0) is 53.6 Å². The minimum absolute atomic E-state index is 0.0000298. The second-order valence-corrected chi connectivity index (χ2v) is 7.35. The molecule has 0 aliphatic carbocycles. The van der Waals surface area contributed by atoms with E-state index in [2.05, 4.69) is 20.8 Å². The number of H-pyrrole nitrogens is 1. The van der Waals surface area contributed by atoms with E-state index in [4.69, 9.17) is 10.5 Å². The third-order valence-electron chi connectivity index (χ3n) is 4.93. The first kappa shape index (κ1) is 21.6. The molecule has 4 rings (SSSR count). The molecule has 1 aromatic heterocycles. The normalized spacial score (nSPS) is 11.4. The maximum atomic E-state index is 12.7. The lowest BCUT2D eigenvalue weighted by Gasteiger charge is -2.19. The van der Waals surface area contributed by atoms with Crippen molar-refractivity contribution < 1.29 is 14.3 Å². The number of carbonyl (C=O) groups excluding carboxylic acids is 2. The van der Waals surface area contributed by atoms with Crippen LogP contribution >= 0.6 is 0 Å². The number of benzene rings is 3. The molecule has 0 saturated heterocycles. The fraction of sp³-hybridized carbons (Fsp3) is 0.0800. The number of anilines is 1. The van der Waals surface area contributed by atoms with E-state index < -0.39 is 12.1 Å². The van der Waals surface area contributed by atoms with E-state index in [1.165, 1.54) is 0 Å². The molecule has 166 valence electrons. The first-order valence-corrected chi connectivity index (χ1v) is 10.4. The highest BCUT2D eigenvalue weighted by atomic mass is 16.5. The summed E-state index contributed by atoms with van der Waals surface area (Å²) in [6, 6.07) is 24.4. The monoisotopic (exact) mass is 441 g/mol. The Morgan fingerprint density at radius 3 is 2.39 bits per heavy atom. The Morgan fingerprint density at radius 2 is 1.70 bits per heavy atom. The number of nitrogens with one attached hydrogen (secondary N) is 3. The Balaban J connectivity index is 1.44. The van der Waals surface area contributed by atoms with Gasteiger partial charge in [-0.15, -0.1) is 0 Å². The zero-order chi connectivity index (χ0) is 23.0. The number of amides is 3. The minimum atomic E-state index is -0.717. The van der Waals surface area contributed by atoms with Gasteiger partial charge in [-0.3, -0.25) is 9.89 Å². The van der Waals surface area contributed by atoms with Crippen LogP contribution in [0.2, 0.25) is 0 Å². The Labute approximate surface area is 190 Å². The maximum Gasteiger partial charge on any atom is 0.312 e. The summed E-state index contributed by atoms with van der Waals surface area (Å²) in [5.74, 6) is 1.01. The van der Waals surface area contributed by atoms with Crippen molar-refractivity contribution in [2.75, 3.05) is 5.32 Å². The van der Waals surface area contributed by atoms with Gasteiger partial charge in [0.1, 0.15) is 11.5 Å². The van der Waals surface area contributed by atoms with Crippen LogP contribution in [0.15, 0.2) is 91.1 Å². The van der Waals surface area contributed by atoms with Crippen LogP contribution in [-0.2, 0) is 4.79 Å². The van der Waals surface area contributed by atoms with Crippen LogP contribution in [0.5, 0.6) is 11.5 Å². The molecule has 8 nitrogen and oxygen atoms in total. The van der Waals surface area contributed by atoms with Crippen LogP contribution in [0.4, 0.5) is 10.5 Å². The SMILES string of the molecule is NC(=O)NC(CC(=O)Nc1ccc(-c2ccn[nH]2)cc1)c1cccc(Oc2ccccc2)c1. The first-order chi connectivity index (χ1) is 16.1. The van der Waals surface area contributed by atoms with Crippen LogP contribution in [0, 0.1) is 0 Å². The molecule has 0 aliphatic heterocycles. The largest absolute Gasteiger partial charge is 0.457 e. The van der Waals surface area contributed by atoms with E-state index in [-0.39, 0.29) is 12.3 Å². The van der Waals surface area contributed by atoms with Crippen molar-refractivity contribution in [3.05, 3.63) is 96.7 Å². The molecule has 0 bridgehead atoms. The quantitative estimate of drug-likeness (QED) is 0.319. The van der Waals surface area contributed by atoms with Crippen LogP contribution in [0.3, 0.4) is 0 Å². The standard InChI is InChI=1S/C25H23N5O3/c26-25(32)29-23(18-5-4-8-21(15-18)33-20-6-2-1-3-7-20)16-24(31)28-19-11-9-17(10-12-19)22-13-14-27-30-22/h1-15,23H,16H2,(H,27,30)(H,28,31)(H3,26,29,32). The molecule has 4 aromatic rings. The Kier molecular flexibility index (Phi) is 6.65. The number of hydrogen-bond donors (Lipinski definition) is 4. The van der Waals surface area contributed by atoms with Gasteiger partial charge in [0, 0.05) is 11.9 Å². The Hall–Kier alpha value is -4.59. The molecule has 0 saturated carbocycles. The second-order valence-electron chi connectivity index (χ2n) is 7.35. The molecule has 33 heavy (non-hydrogen) atoms. The predicted octanol–water partition coefficient (Wildman–Crippen LogP) is 4.61. The van der Waals surface area contributed by atoms with Crippen LogP contribution in [-0.4, -0.2) is 22.1 Å². The Bertz CT molecular complexity index is 1210. The van der Waals surface area contributed by atoms with Crippen LogP contribution in [0.1, 0.15) is 18.0 Å². The summed E-state index contributed by atoms with van der Waals surface area (Å²) in [7, 11) is 0. The molecule has 0 spiro atoms. The van der Waals surface area contributed by atoms with Gasteiger partial charge in [-0.1, -0.05) is 42.5 Å². The van der Waals surface area contributed by atoms with E-state index in [0.29, 0.717) is 22.7 Å². The summed E-state index contributed by atoms with van der Waals surface area (Å²) in [6.07, 6.45) is 1.68. The zero-order valence-corrected chi connectivity index (χ0v) is 17.7. The lowest BCUT2D eigenvalue weighted by atomic mass is 10.0. The van der Waals surface area contributed by atoms with Gasteiger partial charge in [-0.25, -0.2) is 4.79 Å². The number of aromatic nitrogens is 2. The third-order valence-corrected chi connectivity index (χ3v) is 4.93. The van der Waals surface area contributed by atoms with Gasteiger partial charge in [0.15, 0.2) is 0 Å². The number of nitrogens with two attached hydrogens (primary N) is 1. The number of aromatic amines is 1. The smallest absolute Gasteiger partial charge is 0.312 e. The molecule has 0 aliphatic rings. The summed E-state index contributed by atoms with van der Waals surface area (Å²) >= 11 is 0. The highest BCUT2D eigenvalue weighted by Gasteiger charge is 2.18. The van der Waals surface area contributed by atoms with Gasteiger partial charge in [0.05, 0.1) is 18.2 Å². The highest BCUT2D eigenvalue weighted by Crippen LogP contribution is 2.26. The molecule has 0 fully saturated rings. The lowest BCUT2D eigenvalue weighted by Crippen LogP contribution is -2.35. The molecule has 1 unspecified atom stereocenters. The average molecular weight is 441 g/mol. The third kappa shape index (κ3) is 5.98. The van der Waals surface area contributed by atoms with Crippen molar-refractivity contribution in [1.29, 1.82) is 0 Å². The zero-order valence-electron chi connectivity index (χ0n) is 17.7. The fourth-order valence-electron chi connectivity index (χ4n) is 3.39. The number of nitrogens with zero attached hydrogens (tertiary/aromatic N) is 1. The van der Waals surface area contributed by atoms with Gasteiger partial charge < -0.3 is 21.1 Å². The number of para-hydroxylation sites is 1. The predicted molar refractivity (Wildman–Crippen MR) is 126 cm³/mol. The summed E-state index contributed by atoms with van der Waals surface area (Å²) in [4.78, 5) is 24.3. The van der Waals surface area contributed by atoms with Gasteiger partial charge in [0.25, 0.3) is 0 Å². The molecular weight excluding hydrogens is 418 g/mol. The number of rotatable bonds is 8. The minimum Gasteiger partial charge on any atom is -0.457 e. The van der Waals surface area contributed by atoms with Crippen LogP contribution < -0.4 is 21.1 Å².